The normalized spacial score (nSPS) is 10.9. The van der Waals surface area contributed by atoms with Crippen molar-refractivity contribution in [1.29, 1.82) is 0 Å². The van der Waals surface area contributed by atoms with Crippen molar-refractivity contribution < 1.29 is 4.79 Å². The molecule has 4 rings (SSSR count). The zero-order valence-electron chi connectivity index (χ0n) is 14.9. The van der Waals surface area contributed by atoms with E-state index in [9.17, 15) is 4.79 Å². The van der Waals surface area contributed by atoms with Gasteiger partial charge in [0.25, 0.3) is 5.91 Å². The second-order valence-corrected chi connectivity index (χ2v) is 7.23. The third kappa shape index (κ3) is 3.88. The van der Waals surface area contributed by atoms with Gasteiger partial charge in [0, 0.05) is 15.6 Å². The second-order valence-electron chi connectivity index (χ2n) is 6.38. The molecule has 3 aromatic carbocycles. The highest BCUT2D eigenvalue weighted by Gasteiger charge is 2.14. The molecule has 140 valence electrons. The topological polar surface area (TPSA) is 46.9 Å². The van der Waals surface area contributed by atoms with Crippen LogP contribution in [-0.2, 0) is 13.1 Å². The van der Waals surface area contributed by atoms with Crippen molar-refractivity contribution in [2.24, 2.45) is 0 Å². The predicted molar refractivity (Wildman–Crippen MR) is 113 cm³/mol. The van der Waals surface area contributed by atoms with E-state index in [0.717, 1.165) is 22.4 Å². The summed E-state index contributed by atoms with van der Waals surface area (Å²) in [6.45, 7) is 0.882. The number of carbonyl (C=O) groups is 1. The number of halogens is 2. The van der Waals surface area contributed by atoms with E-state index in [1.54, 1.807) is 24.3 Å². The van der Waals surface area contributed by atoms with Crippen LogP contribution in [-0.4, -0.2) is 15.5 Å². The van der Waals surface area contributed by atoms with Gasteiger partial charge in [-0.15, -0.1) is 0 Å². The van der Waals surface area contributed by atoms with Gasteiger partial charge >= 0.3 is 0 Å². The number of rotatable bonds is 5. The number of imidazole rings is 1. The van der Waals surface area contributed by atoms with E-state index >= 15 is 0 Å². The van der Waals surface area contributed by atoms with Gasteiger partial charge in [-0.25, -0.2) is 4.98 Å². The van der Waals surface area contributed by atoms with E-state index in [4.69, 9.17) is 28.2 Å². The van der Waals surface area contributed by atoms with Crippen LogP contribution in [0.25, 0.3) is 11.0 Å². The molecule has 1 heterocycles. The fourth-order valence-corrected chi connectivity index (χ4v) is 3.42. The molecule has 0 aliphatic rings. The van der Waals surface area contributed by atoms with Crippen LogP contribution in [0.2, 0.25) is 10.0 Å². The average Bonchev–Trinajstić information content (AvgIpc) is 3.06. The van der Waals surface area contributed by atoms with E-state index < -0.39 is 0 Å². The van der Waals surface area contributed by atoms with Crippen molar-refractivity contribution >= 4 is 40.1 Å². The molecule has 0 spiro atoms. The van der Waals surface area contributed by atoms with Gasteiger partial charge < -0.3 is 9.88 Å². The molecule has 0 aliphatic heterocycles. The second kappa shape index (κ2) is 8.05. The smallest absolute Gasteiger partial charge is 0.251 e. The minimum Gasteiger partial charge on any atom is -0.345 e. The monoisotopic (exact) mass is 409 g/mol. The van der Waals surface area contributed by atoms with Gasteiger partial charge in [0.05, 0.1) is 24.1 Å². The van der Waals surface area contributed by atoms with Gasteiger partial charge in [0.15, 0.2) is 0 Å². The lowest BCUT2D eigenvalue weighted by Crippen LogP contribution is -2.24. The molecule has 0 radical (unpaired) electrons. The minimum atomic E-state index is -0.173. The fourth-order valence-electron chi connectivity index (χ4n) is 3.10. The quantitative estimate of drug-likeness (QED) is 0.484. The third-order valence-corrected chi connectivity index (χ3v) is 5.15. The Morgan fingerprint density at radius 1 is 0.929 bits per heavy atom. The number of para-hydroxylation sites is 2. The van der Waals surface area contributed by atoms with Crippen LogP contribution < -0.4 is 5.32 Å². The first-order valence-electron chi connectivity index (χ1n) is 8.83. The molecule has 1 aromatic heterocycles. The lowest BCUT2D eigenvalue weighted by atomic mass is 10.2. The molecule has 0 saturated heterocycles. The molecule has 1 N–H and O–H groups in total. The van der Waals surface area contributed by atoms with E-state index in [0.29, 0.717) is 28.7 Å². The molecular formula is C22H17Cl2N3O. The van der Waals surface area contributed by atoms with Crippen LogP contribution in [0, 0.1) is 0 Å². The maximum atomic E-state index is 12.5. The van der Waals surface area contributed by atoms with Crippen molar-refractivity contribution in [3.05, 3.63) is 99.8 Å². The number of nitrogens with one attached hydrogen (secondary N) is 1. The number of benzene rings is 3. The summed E-state index contributed by atoms with van der Waals surface area (Å²) in [5.41, 5.74) is 3.43. The number of carbonyl (C=O) groups excluding carboxylic acids is 1. The summed E-state index contributed by atoms with van der Waals surface area (Å²) in [5, 5.41) is 4.24. The summed E-state index contributed by atoms with van der Waals surface area (Å²) >= 11 is 12.2. The summed E-state index contributed by atoms with van der Waals surface area (Å²) in [4.78, 5) is 17.2. The summed E-state index contributed by atoms with van der Waals surface area (Å²) in [5.74, 6) is 0.594. The van der Waals surface area contributed by atoms with Crippen molar-refractivity contribution in [3.8, 4) is 0 Å². The molecule has 28 heavy (non-hydrogen) atoms. The van der Waals surface area contributed by atoms with E-state index in [1.807, 2.05) is 48.5 Å². The predicted octanol–water partition coefficient (Wildman–Crippen LogP) is 5.32. The molecule has 4 aromatic rings. The molecule has 0 saturated carbocycles. The van der Waals surface area contributed by atoms with Crippen LogP contribution >= 0.6 is 23.2 Å². The largest absolute Gasteiger partial charge is 0.345 e. The van der Waals surface area contributed by atoms with Gasteiger partial charge in [-0.05, 0) is 48.0 Å². The number of hydrogen-bond acceptors (Lipinski definition) is 2. The van der Waals surface area contributed by atoms with Crippen LogP contribution in [0.5, 0.6) is 0 Å². The van der Waals surface area contributed by atoms with Crippen molar-refractivity contribution in [2.45, 2.75) is 13.1 Å². The van der Waals surface area contributed by atoms with Crippen LogP contribution in [0.15, 0.2) is 72.8 Å². The van der Waals surface area contributed by atoms with E-state index in [2.05, 4.69) is 9.88 Å². The molecule has 1 amide bonds. The first kappa shape index (κ1) is 18.5. The molecule has 0 unspecified atom stereocenters. The molecule has 0 aliphatic carbocycles. The Balaban J connectivity index is 1.62. The molecule has 0 atom stereocenters. The van der Waals surface area contributed by atoms with Gasteiger partial charge in [-0.1, -0.05) is 53.5 Å². The van der Waals surface area contributed by atoms with Crippen LogP contribution in [0.3, 0.4) is 0 Å². The number of fused-ring (bicyclic) bond motifs is 1. The SMILES string of the molecule is O=C(NCc1nc2ccccc2n1Cc1ccccc1Cl)c1ccc(Cl)cc1. The molecule has 0 bridgehead atoms. The highest BCUT2D eigenvalue weighted by Crippen LogP contribution is 2.22. The summed E-state index contributed by atoms with van der Waals surface area (Å²) in [7, 11) is 0. The summed E-state index contributed by atoms with van der Waals surface area (Å²) in [6.07, 6.45) is 0. The first-order valence-corrected chi connectivity index (χ1v) is 9.59. The van der Waals surface area contributed by atoms with Gasteiger partial charge in [-0.3, -0.25) is 4.79 Å². The fraction of sp³-hybridized carbons (Fsp3) is 0.0909. The van der Waals surface area contributed by atoms with Gasteiger partial charge in [0.1, 0.15) is 5.82 Å². The number of nitrogens with zero attached hydrogens (tertiary/aromatic N) is 2. The third-order valence-electron chi connectivity index (χ3n) is 4.53. The highest BCUT2D eigenvalue weighted by atomic mass is 35.5. The van der Waals surface area contributed by atoms with Crippen LogP contribution in [0.1, 0.15) is 21.7 Å². The standard InChI is InChI=1S/C22H17Cl2N3O/c23-17-11-9-15(10-12-17)22(28)25-13-21-26-19-7-3-4-8-20(19)27(21)14-16-5-1-2-6-18(16)24/h1-12H,13-14H2,(H,25,28). The Morgan fingerprint density at radius 2 is 1.64 bits per heavy atom. The first-order chi connectivity index (χ1) is 13.6. The highest BCUT2D eigenvalue weighted by molar-refractivity contribution is 6.31. The maximum absolute atomic E-state index is 12.5. The number of hydrogen-bond donors (Lipinski definition) is 1. The van der Waals surface area contributed by atoms with E-state index in [1.165, 1.54) is 0 Å². The van der Waals surface area contributed by atoms with Crippen LogP contribution in [0.4, 0.5) is 0 Å². The lowest BCUT2D eigenvalue weighted by Gasteiger charge is -2.11. The molecule has 0 fully saturated rings. The Bertz CT molecular complexity index is 1140. The van der Waals surface area contributed by atoms with Gasteiger partial charge in [0.2, 0.25) is 0 Å². The Labute approximate surface area is 172 Å². The molecule has 6 heteroatoms. The van der Waals surface area contributed by atoms with E-state index in [-0.39, 0.29) is 5.91 Å². The van der Waals surface area contributed by atoms with Gasteiger partial charge in [-0.2, -0.15) is 0 Å². The zero-order valence-corrected chi connectivity index (χ0v) is 16.4. The summed E-state index contributed by atoms with van der Waals surface area (Å²) < 4.78 is 2.08. The molecular weight excluding hydrogens is 393 g/mol. The Hall–Kier alpha value is -2.82. The molecule has 4 nitrogen and oxygen atoms in total. The number of aromatic nitrogens is 2. The number of amides is 1. The Morgan fingerprint density at radius 3 is 2.43 bits per heavy atom. The lowest BCUT2D eigenvalue weighted by molar-refractivity contribution is 0.0949. The average molecular weight is 410 g/mol. The van der Waals surface area contributed by atoms with Crippen molar-refractivity contribution in [3.63, 3.8) is 0 Å². The van der Waals surface area contributed by atoms with Crippen molar-refractivity contribution in [2.75, 3.05) is 0 Å². The Kier molecular flexibility index (Phi) is 5.33. The van der Waals surface area contributed by atoms with Crippen molar-refractivity contribution in [1.82, 2.24) is 14.9 Å². The minimum absolute atomic E-state index is 0.173. The summed E-state index contributed by atoms with van der Waals surface area (Å²) in [6, 6.07) is 22.4. The maximum Gasteiger partial charge on any atom is 0.251 e. The zero-order chi connectivity index (χ0) is 19.5.